The Balaban J connectivity index is 1.67. The summed E-state index contributed by atoms with van der Waals surface area (Å²) in [6.07, 6.45) is 1.53. The Morgan fingerprint density at radius 1 is 1.25 bits per heavy atom. The molecule has 0 atom stereocenters. The molecule has 122 valence electrons. The normalized spacial score (nSPS) is 16.5. The minimum absolute atomic E-state index is 0.00898. The van der Waals surface area contributed by atoms with Crippen LogP contribution in [0, 0.1) is 0 Å². The number of anilines is 1. The van der Waals surface area contributed by atoms with Crippen molar-refractivity contribution in [1.29, 1.82) is 0 Å². The molecule has 0 radical (unpaired) electrons. The van der Waals surface area contributed by atoms with Gasteiger partial charge in [0.1, 0.15) is 17.9 Å². The van der Waals surface area contributed by atoms with Crippen molar-refractivity contribution in [3.8, 4) is 5.75 Å². The smallest absolute Gasteiger partial charge is 0.239 e. The van der Waals surface area contributed by atoms with E-state index in [1.54, 1.807) is 7.11 Å². The minimum Gasteiger partial charge on any atom is -0.497 e. The van der Waals surface area contributed by atoms with Crippen molar-refractivity contribution in [3.05, 3.63) is 47.4 Å². The summed E-state index contributed by atoms with van der Waals surface area (Å²) in [6, 6.07) is 7.85. The summed E-state index contributed by atoms with van der Waals surface area (Å²) >= 11 is 0. The number of amides is 1. The fourth-order valence-electron chi connectivity index (χ4n) is 2.99. The van der Waals surface area contributed by atoms with Crippen LogP contribution in [-0.4, -0.2) is 48.3 Å². The topological polar surface area (TPSA) is 79.7 Å². The van der Waals surface area contributed by atoms with E-state index in [1.807, 2.05) is 29.2 Å². The fraction of sp³-hybridized carbons (Fsp3) is 0.294. The van der Waals surface area contributed by atoms with Crippen molar-refractivity contribution in [2.75, 3.05) is 31.6 Å². The Morgan fingerprint density at radius 2 is 2.17 bits per heavy atom. The lowest BCUT2D eigenvalue weighted by atomic mass is 10.0. The van der Waals surface area contributed by atoms with Gasteiger partial charge in [-0.2, -0.15) is 0 Å². The number of ether oxygens (including phenoxy) is 1. The SMILES string of the molecule is COc1ccc2c(c1)C(c1cc(N3CCNC(=O)C3)ncn1)=NC2. The molecule has 1 amide bonds. The van der Waals surface area contributed by atoms with Crippen LogP contribution in [0.2, 0.25) is 0 Å². The quantitative estimate of drug-likeness (QED) is 0.902. The van der Waals surface area contributed by atoms with Crippen LogP contribution in [0.5, 0.6) is 5.75 Å². The Labute approximate surface area is 139 Å². The first kappa shape index (κ1) is 14.6. The number of nitrogens with one attached hydrogen (secondary N) is 1. The van der Waals surface area contributed by atoms with E-state index in [4.69, 9.17) is 4.74 Å². The Bertz CT molecular complexity index is 833. The maximum atomic E-state index is 11.6. The maximum Gasteiger partial charge on any atom is 0.239 e. The van der Waals surface area contributed by atoms with Gasteiger partial charge >= 0.3 is 0 Å². The van der Waals surface area contributed by atoms with Crippen LogP contribution in [-0.2, 0) is 11.3 Å². The van der Waals surface area contributed by atoms with E-state index < -0.39 is 0 Å². The van der Waals surface area contributed by atoms with Gasteiger partial charge in [-0.3, -0.25) is 9.79 Å². The van der Waals surface area contributed by atoms with Crippen LogP contribution in [0.15, 0.2) is 35.6 Å². The van der Waals surface area contributed by atoms with E-state index in [2.05, 4.69) is 20.3 Å². The van der Waals surface area contributed by atoms with Crippen LogP contribution in [0.1, 0.15) is 16.8 Å². The van der Waals surface area contributed by atoms with Gasteiger partial charge in [-0.1, -0.05) is 6.07 Å². The molecule has 4 rings (SSSR count). The Kier molecular flexibility index (Phi) is 3.60. The first-order chi connectivity index (χ1) is 11.7. The maximum absolute atomic E-state index is 11.6. The number of piperazine rings is 1. The van der Waals surface area contributed by atoms with E-state index in [9.17, 15) is 4.79 Å². The largest absolute Gasteiger partial charge is 0.497 e. The Hall–Kier alpha value is -2.96. The predicted octanol–water partition coefficient (Wildman–Crippen LogP) is 0.772. The number of hydrogen-bond acceptors (Lipinski definition) is 6. The van der Waals surface area contributed by atoms with E-state index in [1.165, 1.54) is 6.33 Å². The average Bonchev–Trinajstić information content (AvgIpc) is 3.05. The molecule has 1 aromatic heterocycles. The summed E-state index contributed by atoms with van der Waals surface area (Å²) in [6.45, 7) is 2.31. The van der Waals surface area contributed by atoms with Gasteiger partial charge in [0, 0.05) is 24.7 Å². The van der Waals surface area contributed by atoms with Gasteiger partial charge < -0.3 is 15.0 Å². The fourth-order valence-corrected chi connectivity index (χ4v) is 2.99. The number of aliphatic imine (C=N–C) groups is 1. The van der Waals surface area contributed by atoms with E-state index in [0.717, 1.165) is 40.6 Å². The molecule has 2 aromatic rings. The highest BCUT2D eigenvalue weighted by Gasteiger charge is 2.22. The highest BCUT2D eigenvalue weighted by atomic mass is 16.5. The molecule has 2 aliphatic rings. The third-order valence-corrected chi connectivity index (χ3v) is 4.24. The lowest BCUT2D eigenvalue weighted by molar-refractivity contribution is -0.120. The molecule has 2 aliphatic heterocycles. The standard InChI is InChI=1S/C17H17N5O2/c1-24-12-3-2-11-8-19-17(13(11)6-12)14-7-15(21-10-20-14)22-5-4-18-16(23)9-22/h2-3,6-7,10H,4-5,8-9H2,1H3,(H,18,23). The zero-order valence-electron chi connectivity index (χ0n) is 13.3. The third kappa shape index (κ3) is 2.58. The molecule has 0 aliphatic carbocycles. The number of hydrogen-bond donors (Lipinski definition) is 1. The summed E-state index contributed by atoms with van der Waals surface area (Å²) < 4.78 is 5.31. The zero-order valence-corrected chi connectivity index (χ0v) is 13.3. The molecular formula is C17H17N5O2. The second-order valence-corrected chi connectivity index (χ2v) is 5.72. The number of aromatic nitrogens is 2. The monoisotopic (exact) mass is 323 g/mol. The molecule has 0 unspecified atom stereocenters. The summed E-state index contributed by atoms with van der Waals surface area (Å²) in [5.41, 5.74) is 3.80. The van der Waals surface area contributed by atoms with Crippen molar-refractivity contribution < 1.29 is 9.53 Å². The number of nitrogens with zero attached hydrogens (tertiary/aromatic N) is 4. The number of carbonyl (C=O) groups is 1. The lowest BCUT2D eigenvalue weighted by Gasteiger charge is -2.27. The van der Waals surface area contributed by atoms with Gasteiger partial charge in [0.2, 0.25) is 5.91 Å². The first-order valence-corrected chi connectivity index (χ1v) is 7.80. The third-order valence-electron chi connectivity index (χ3n) is 4.24. The molecule has 7 nitrogen and oxygen atoms in total. The van der Waals surface area contributed by atoms with Crippen LogP contribution in [0.4, 0.5) is 5.82 Å². The molecule has 0 saturated carbocycles. The minimum atomic E-state index is 0.00898. The van der Waals surface area contributed by atoms with Crippen LogP contribution >= 0.6 is 0 Å². The molecule has 0 bridgehead atoms. The molecule has 0 spiro atoms. The first-order valence-electron chi connectivity index (χ1n) is 7.80. The van der Waals surface area contributed by atoms with Gasteiger partial charge in [-0.05, 0) is 17.7 Å². The zero-order chi connectivity index (χ0) is 16.5. The molecule has 1 saturated heterocycles. The molecule has 1 fully saturated rings. The number of carbonyl (C=O) groups excluding carboxylic acids is 1. The lowest BCUT2D eigenvalue weighted by Crippen LogP contribution is -2.48. The van der Waals surface area contributed by atoms with Gasteiger partial charge in [0.15, 0.2) is 0 Å². The highest BCUT2D eigenvalue weighted by Crippen LogP contribution is 2.27. The highest BCUT2D eigenvalue weighted by molar-refractivity contribution is 6.14. The molecule has 1 N–H and O–H groups in total. The van der Waals surface area contributed by atoms with Gasteiger partial charge in [-0.25, -0.2) is 9.97 Å². The van der Waals surface area contributed by atoms with Crippen molar-refractivity contribution in [3.63, 3.8) is 0 Å². The van der Waals surface area contributed by atoms with Crippen molar-refractivity contribution in [2.24, 2.45) is 4.99 Å². The summed E-state index contributed by atoms with van der Waals surface area (Å²) in [7, 11) is 1.65. The van der Waals surface area contributed by atoms with Crippen molar-refractivity contribution in [2.45, 2.75) is 6.54 Å². The summed E-state index contributed by atoms with van der Waals surface area (Å²) in [5.74, 6) is 1.55. The average molecular weight is 323 g/mol. The molecule has 24 heavy (non-hydrogen) atoms. The van der Waals surface area contributed by atoms with Gasteiger partial charge in [-0.15, -0.1) is 0 Å². The van der Waals surface area contributed by atoms with Crippen molar-refractivity contribution in [1.82, 2.24) is 15.3 Å². The second-order valence-electron chi connectivity index (χ2n) is 5.72. The van der Waals surface area contributed by atoms with Gasteiger partial charge in [0.25, 0.3) is 0 Å². The van der Waals surface area contributed by atoms with Gasteiger partial charge in [0.05, 0.1) is 31.6 Å². The number of rotatable bonds is 3. The predicted molar refractivity (Wildman–Crippen MR) is 89.6 cm³/mol. The summed E-state index contributed by atoms with van der Waals surface area (Å²) in [4.78, 5) is 26.9. The van der Waals surface area contributed by atoms with Crippen LogP contribution in [0.25, 0.3) is 0 Å². The van der Waals surface area contributed by atoms with Crippen LogP contribution in [0.3, 0.4) is 0 Å². The number of fused-ring (bicyclic) bond motifs is 1. The summed E-state index contributed by atoms with van der Waals surface area (Å²) in [5, 5.41) is 2.82. The molecular weight excluding hydrogens is 306 g/mol. The van der Waals surface area contributed by atoms with Crippen molar-refractivity contribution >= 4 is 17.4 Å². The number of benzene rings is 1. The Morgan fingerprint density at radius 3 is 3.00 bits per heavy atom. The second kappa shape index (κ2) is 5.92. The van der Waals surface area contributed by atoms with Crippen LogP contribution < -0.4 is 15.0 Å². The number of methoxy groups -OCH3 is 1. The van der Waals surface area contributed by atoms with E-state index in [-0.39, 0.29) is 5.91 Å². The van der Waals surface area contributed by atoms with E-state index in [0.29, 0.717) is 19.6 Å². The molecule has 1 aromatic carbocycles. The van der Waals surface area contributed by atoms with E-state index >= 15 is 0 Å². The molecule has 3 heterocycles. The molecule has 7 heteroatoms.